The Hall–Kier alpha value is -1.92. The van der Waals surface area contributed by atoms with Gasteiger partial charge in [-0.05, 0) is 12.8 Å². The number of carbonyl (C=O) groups is 1. The maximum atomic E-state index is 11.3. The molecule has 0 aliphatic heterocycles. The van der Waals surface area contributed by atoms with Crippen molar-refractivity contribution in [3.05, 3.63) is 22.0 Å². The highest BCUT2D eigenvalue weighted by Crippen LogP contribution is 2.43. The molecule has 16 heavy (non-hydrogen) atoms. The number of rotatable bonds is 3. The van der Waals surface area contributed by atoms with E-state index in [9.17, 15) is 20.0 Å². The summed E-state index contributed by atoms with van der Waals surface area (Å²) in [5, 5.41) is 26.1. The first kappa shape index (κ1) is 10.6. The van der Waals surface area contributed by atoms with E-state index in [1.165, 1.54) is 0 Å². The molecule has 0 radical (unpaired) electrons. The Balaban J connectivity index is 2.51. The molecule has 2 rings (SSSR count). The molecule has 1 fully saturated rings. The van der Waals surface area contributed by atoms with E-state index < -0.39 is 16.3 Å². The SMILES string of the molecule is O=C(O)C1(c2[nH]ncc2[N+](=O)[O-])CCCC1. The minimum absolute atomic E-state index is 0.127. The molecule has 86 valence electrons. The van der Waals surface area contributed by atoms with E-state index in [0.717, 1.165) is 19.0 Å². The van der Waals surface area contributed by atoms with Crippen molar-refractivity contribution < 1.29 is 14.8 Å². The van der Waals surface area contributed by atoms with Gasteiger partial charge < -0.3 is 5.11 Å². The van der Waals surface area contributed by atoms with Crippen molar-refractivity contribution in [3.8, 4) is 0 Å². The van der Waals surface area contributed by atoms with Gasteiger partial charge in [0, 0.05) is 0 Å². The molecule has 1 aromatic rings. The Morgan fingerprint density at radius 2 is 2.19 bits per heavy atom. The number of nitrogens with one attached hydrogen (secondary N) is 1. The lowest BCUT2D eigenvalue weighted by Crippen LogP contribution is -2.33. The summed E-state index contributed by atoms with van der Waals surface area (Å²) in [6.45, 7) is 0. The highest BCUT2D eigenvalue weighted by molar-refractivity contribution is 5.82. The minimum atomic E-state index is -1.15. The van der Waals surface area contributed by atoms with E-state index in [2.05, 4.69) is 10.2 Å². The van der Waals surface area contributed by atoms with Crippen LogP contribution in [-0.2, 0) is 10.2 Å². The molecule has 0 saturated heterocycles. The fourth-order valence-corrected chi connectivity index (χ4v) is 2.32. The van der Waals surface area contributed by atoms with E-state index in [1.54, 1.807) is 0 Å². The number of hydrogen-bond acceptors (Lipinski definition) is 4. The highest BCUT2D eigenvalue weighted by atomic mass is 16.6. The van der Waals surface area contributed by atoms with Gasteiger partial charge in [-0.15, -0.1) is 0 Å². The van der Waals surface area contributed by atoms with Crippen molar-refractivity contribution in [2.45, 2.75) is 31.1 Å². The summed E-state index contributed by atoms with van der Waals surface area (Å²) in [5.41, 5.74) is -1.26. The van der Waals surface area contributed by atoms with Crippen molar-refractivity contribution in [1.82, 2.24) is 10.2 Å². The van der Waals surface area contributed by atoms with Crippen LogP contribution in [0.5, 0.6) is 0 Å². The van der Waals surface area contributed by atoms with Crippen molar-refractivity contribution in [1.29, 1.82) is 0 Å². The lowest BCUT2D eigenvalue weighted by molar-refractivity contribution is -0.386. The number of aromatic nitrogens is 2. The van der Waals surface area contributed by atoms with Gasteiger partial charge in [0.15, 0.2) is 0 Å². The third-order valence-corrected chi connectivity index (χ3v) is 3.16. The molecule has 0 amide bonds. The predicted molar refractivity (Wildman–Crippen MR) is 53.0 cm³/mol. The number of nitro groups is 1. The Morgan fingerprint density at radius 1 is 1.56 bits per heavy atom. The molecule has 1 aliphatic carbocycles. The zero-order valence-corrected chi connectivity index (χ0v) is 8.47. The summed E-state index contributed by atoms with van der Waals surface area (Å²) in [5.74, 6) is -1.02. The van der Waals surface area contributed by atoms with Crippen molar-refractivity contribution in [2.75, 3.05) is 0 Å². The van der Waals surface area contributed by atoms with Crippen LogP contribution in [0, 0.1) is 10.1 Å². The number of nitrogens with zero attached hydrogens (tertiary/aromatic N) is 2. The predicted octanol–water partition coefficient (Wildman–Crippen LogP) is 1.21. The average Bonchev–Trinajstić information content (AvgIpc) is 2.87. The Labute approximate surface area is 90.6 Å². The molecule has 1 saturated carbocycles. The molecule has 0 bridgehead atoms. The third-order valence-electron chi connectivity index (χ3n) is 3.16. The lowest BCUT2D eigenvalue weighted by Gasteiger charge is -2.20. The number of carboxylic acids is 1. The van der Waals surface area contributed by atoms with Gasteiger partial charge in [0.05, 0.1) is 4.92 Å². The van der Waals surface area contributed by atoms with E-state index >= 15 is 0 Å². The van der Waals surface area contributed by atoms with Crippen LogP contribution in [0.1, 0.15) is 31.4 Å². The molecule has 0 aromatic carbocycles. The van der Waals surface area contributed by atoms with Crippen molar-refractivity contribution >= 4 is 11.7 Å². The topological polar surface area (TPSA) is 109 Å². The molecule has 1 aromatic heterocycles. The maximum absolute atomic E-state index is 11.3. The van der Waals surface area contributed by atoms with E-state index in [0.29, 0.717) is 12.8 Å². The smallest absolute Gasteiger partial charge is 0.315 e. The summed E-state index contributed by atoms with van der Waals surface area (Å²) in [4.78, 5) is 21.5. The van der Waals surface area contributed by atoms with Crippen LogP contribution >= 0.6 is 0 Å². The molecule has 0 spiro atoms. The maximum Gasteiger partial charge on any atom is 0.315 e. The molecule has 1 aliphatic rings. The first-order valence-electron chi connectivity index (χ1n) is 4.99. The Bertz CT molecular complexity index is 434. The zero-order valence-electron chi connectivity index (χ0n) is 8.47. The number of H-pyrrole nitrogens is 1. The molecular weight excluding hydrogens is 214 g/mol. The lowest BCUT2D eigenvalue weighted by atomic mass is 9.82. The van der Waals surface area contributed by atoms with Crippen LogP contribution in [-0.4, -0.2) is 26.2 Å². The monoisotopic (exact) mass is 225 g/mol. The van der Waals surface area contributed by atoms with E-state index in [1.807, 2.05) is 0 Å². The molecule has 0 atom stereocenters. The van der Waals surface area contributed by atoms with Gasteiger partial charge in [0.2, 0.25) is 0 Å². The third kappa shape index (κ3) is 1.36. The largest absolute Gasteiger partial charge is 0.481 e. The number of aliphatic carboxylic acids is 1. The van der Waals surface area contributed by atoms with E-state index in [4.69, 9.17) is 0 Å². The molecular formula is C9H11N3O4. The van der Waals surface area contributed by atoms with Gasteiger partial charge in [0.25, 0.3) is 0 Å². The number of aromatic amines is 1. The standard InChI is InChI=1S/C9H11N3O4/c13-8(14)9(3-1-2-4-9)7-6(12(15)16)5-10-11-7/h5H,1-4H2,(H,10,11)(H,13,14). The summed E-state index contributed by atoms with van der Waals surface area (Å²) >= 11 is 0. The fourth-order valence-electron chi connectivity index (χ4n) is 2.32. The van der Waals surface area contributed by atoms with Gasteiger partial charge >= 0.3 is 11.7 Å². The normalized spacial score (nSPS) is 18.5. The number of hydrogen-bond donors (Lipinski definition) is 2. The molecule has 7 nitrogen and oxygen atoms in total. The second-order valence-electron chi connectivity index (χ2n) is 3.98. The Kier molecular flexibility index (Phi) is 2.37. The van der Waals surface area contributed by atoms with Crippen molar-refractivity contribution in [3.63, 3.8) is 0 Å². The van der Waals surface area contributed by atoms with Crippen LogP contribution < -0.4 is 0 Å². The first-order chi connectivity index (χ1) is 7.58. The molecule has 2 N–H and O–H groups in total. The second kappa shape index (κ2) is 3.58. The summed E-state index contributed by atoms with van der Waals surface area (Å²) in [7, 11) is 0. The summed E-state index contributed by atoms with van der Waals surface area (Å²) in [6.07, 6.45) is 3.44. The summed E-state index contributed by atoms with van der Waals surface area (Å²) < 4.78 is 0. The first-order valence-corrected chi connectivity index (χ1v) is 4.99. The number of carboxylic acid groups (broad SMARTS) is 1. The van der Waals surface area contributed by atoms with E-state index in [-0.39, 0.29) is 11.4 Å². The van der Waals surface area contributed by atoms with Gasteiger partial charge in [-0.3, -0.25) is 20.0 Å². The molecule has 0 unspecified atom stereocenters. The van der Waals surface area contributed by atoms with Crippen molar-refractivity contribution in [2.24, 2.45) is 0 Å². The fraction of sp³-hybridized carbons (Fsp3) is 0.556. The second-order valence-corrected chi connectivity index (χ2v) is 3.98. The molecule has 1 heterocycles. The molecule has 7 heteroatoms. The van der Waals surface area contributed by atoms with Gasteiger partial charge in [-0.25, -0.2) is 0 Å². The van der Waals surface area contributed by atoms with Gasteiger partial charge in [-0.1, -0.05) is 12.8 Å². The minimum Gasteiger partial charge on any atom is -0.481 e. The Morgan fingerprint density at radius 3 is 2.69 bits per heavy atom. The van der Waals surface area contributed by atoms with Crippen LogP contribution in [0.15, 0.2) is 6.20 Å². The van der Waals surface area contributed by atoms with Gasteiger partial charge in [-0.2, -0.15) is 5.10 Å². The van der Waals surface area contributed by atoms with Gasteiger partial charge in [0.1, 0.15) is 17.3 Å². The van der Waals surface area contributed by atoms with Crippen LogP contribution in [0.25, 0.3) is 0 Å². The van der Waals surface area contributed by atoms with Crippen LogP contribution in [0.2, 0.25) is 0 Å². The van der Waals surface area contributed by atoms with Crippen LogP contribution in [0.3, 0.4) is 0 Å². The van der Waals surface area contributed by atoms with Crippen LogP contribution in [0.4, 0.5) is 5.69 Å². The quantitative estimate of drug-likeness (QED) is 0.593. The average molecular weight is 225 g/mol. The summed E-state index contributed by atoms with van der Waals surface area (Å²) in [6, 6.07) is 0. The zero-order chi connectivity index (χ0) is 11.8. The highest BCUT2D eigenvalue weighted by Gasteiger charge is 2.48.